The minimum atomic E-state index is -0.493. The Morgan fingerprint density at radius 2 is 2.10 bits per heavy atom. The summed E-state index contributed by atoms with van der Waals surface area (Å²) in [5.41, 5.74) is 3.85. The van der Waals surface area contributed by atoms with Gasteiger partial charge in [0.2, 0.25) is 0 Å². The Labute approximate surface area is 123 Å². The number of nitrogens with one attached hydrogen (secondary N) is 2. The summed E-state index contributed by atoms with van der Waals surface area (Å²) in [4.78, 5) is 12.1. The zero-order valence-corrected chi connectivity index (χ0v) is 11.9. The lowest BCUT2D eigenvalue weighted by Crippen LogP contribution is -2.15. The van der Waals surface area contributed by atoms with E-state index in [0.29, 0.717) is 5.69 Å². The Morgan fingerprint density at radius 3 is 2.90 bits per heavy atom. The molecule has 0 spiro atoms. The molecule has 1 aliphatic heterocycles. The standard InChI is InChI=1S/C17H17FN2O/c1-11-4-6-14(15(18)9-11)17(21)20-13-5-7-16-12(10-13)3-2-8-19-16/h4-7,9-10,19H,2-3,8H2,1H3,(H,20,21). The summed E-state index contributed by atoms with van der Waals surface area (Å²) in [6.45, 7) is 2.77. The number of rotatable bonds is 2. The highest BCUT2D eigenvalue weighted by Gasteiger charge is 2.14. The van der Waals surface area contributed by atoms with Gasteiger partial charge in [0, 0.05) is 17.9 Å². The van der Waals surface area contributed by atoms with E-state index in [2.05, 4.69) is 10.6 Å². The molecule has 2 aromatic carbocycles. The van der Waals surface area contributed by atoms with Crippen molar-refractivity contribution >= 4 is 17.3 Å². The Balaban J connectivity index is 1.81. The fraction of sp³-hybridized carbons (Fsp3) is 0.235. The van der Waals surface area contributed by atoms with Crippen LogP contribution in [0.25, 0.3) is 0 Å². The molecule has 3 nitrogen and oxygen atoms in total. The smallest absolute Gasteiger partial charge is 0.258 e. The Morgan fingerprint density at radius 1 is 1.24 bits per heavy atom. The molecule has 2 aromatic rings. The normalized spacial score (nSPS) is 13.2. The van der Waals surface area contributed by atoms with E-state index in [9.17, 15) is 9.18 Å². The van der Waals surface area contributed by atoms with Crippen molar-refractivity contribution in [1.82, 2.24) is 0 Å². The number of amides is 1. The van der Waals surface area contributed by atoms with Crippen molar-refractivity contribution in [2.75, 3.05) is 17.2 Å². The SMILES string of the molecule is Cc1ccc(C(=O)Nc2ccc3c(c2)CCCN3)c(F)c1. The second-order valence-corrected chi connectivity index (χ2v) is 5.34. The van der Waals surface area contributed by atoms with E-state index in [1.54, 1.807) is 13.0 Å². The molecule has 0 aromatic heterocycles. The van der Waals surface area contributed by atoms with Crippen LogP contribution in [-0.2, 0) is 6.42 Å². The first-order valence-electron chi connectivity index (χ1n) is 7.08. The third kappa shape index (κ3) is 2.89. The number of aryl methyl sites for hydroxylation is 2. The number of hydrogen-bond donors (Lipinski definition) is 2. The molecule has 21 heavy (non-hydrogen) atoms. The lowest BCUT2D eigenvalue weighted by Gasteiger charge is -2.18. The second-order valence-electron chi connectivity index (χ2n) is 5.34. The van der Waals surface area contributed by atoms with Gasteiger partial charge in [0.1, 0.15) is 5.82 Å². The van der Waals surface area contributed by atoms with Crippen LogP contribution in [0.5, 0.6) is 0 Å². The maximum atomic E-state index is 13.8. The highest BCUT2D eigenvalue weighted by Crippen LogP contribution is 2.25. The molecule has 1 heterocycles. The monoisotopic (exact) mass is 284 g/mol. The van der Waals surface area contributed by atoms with Crippen LogP contribution < -0.4 is 10.6 Å². The predicted molar refractivity (Wildman–Crippen MR) is 82.3 cm³/mol. The van der Waals surface area contributed by atoms with Crippen LogP contribution >= 0.6 is 0 Å². The zero-order chi connectivity index (χ0) is 14.8. The largest absolute Gasteiger partial charge is 0.385 e. The van der Waals surface area contributed by atoms with Crippen LogP contribution in [-0.4, -0.2) is 12.5 Å². The minimum absolute atomic E-state index is 0.0662. The van der Waals surface area contributed by atoms with Crippen molar-refractivity contribution < 1.29 is 9.18 Å². The molecule has 0 saturated carbocycles. The van der Waals surface area contributed by atoms with Crippen LogP contribution in [0.15, 0.2) is 36.4 Å². The maximum absolute atomic E-state index is 13.8. The molecular weight excluding hydrogens is 267 g/mol. The Bertz CT molecular complexity index is 697. The summed E-state index contributed by atoms with van der Waals surface area (Å²) in [7, 11) is 0. The Hall–Kier alpha value is -2.36. The van der Waals surface area contributed by atoms with Gasteiger partial charge < -0.3 is 10.6 Å². The van der Waals surface area contributed by atoms with Crippen LogP contribution in [0, 0.1) is 12.7 Å². The maximum Gasteiger partial charge on any atom is 0.258 e. The van der Waals surface area contributed by atoms with Crippen molar-refractivity contribution in [3.8, 4) is 0 Å². The average molecular weight is 284 g/mol. The Kier molecular flexibility index (Phi) is 3.60. The van der Waals surface area contributed by atoms with E-state index in [4.69, 9.17) is 0 Å². The van der Waals surface area contributed by atoms with Gasteiger partial charge in [0.15, 0.2) is 0 Å². The van der Waals surface area contributed by atoms with Crippen molar-refractivity contribution in [2.45, 2.75) is 19.8 Å². The van der Waals surface area contributed by atoms with Crippen molar-refractivity contribution in [3.63, 3.8) is 0 Å². The molecule has 0 radical (unpaired) electrons. The minimum Gasteiger partial charge on any atom is -0.385 e. The fourth-order valence-corrected chi connectivity index (χ4v) is 2.56. The van der Waals surface area contributed by atoms with Crippen LogP contribution in [0.4, 0.5) is 15.8 Å². The van der Waals surface area contributed by atoms with Gasteiger partial charge in [-0.3, -0.25) is 4.79 Å². The van der Waals surface area contributed by atoms with E-state index >= 15 is 0 Å². The van der Waals surface area contributed by atoms with Crippen molar-refractivity contribution in [3.05, 3.63) is 58.9 Å². The lowest BCUT2D eigenvalue weighted by atomic mass is 10.0. The van der Waals surface area contributed by atoms with Crippen LogP contribution in [0.3, 0.4) is 0 Å². The predicted octanol–water partition coefficient (Wildman–Crippen LogP) is 3.74. The molecule has 0 fully saturated rings. The first-order chi connectivity index (χ1) is 10.1. The third-order valence-corrected chi connectivity index (χ3v) is 3.67. The summed E-state index contributed by atoms with van der Waals surface area (Å²) in [5.74, 6) is -0.914. The highest BCUT2D eigenvalue weighted by molar-refractivity contribution is 6.04. The van der Waals surface area contributed by atoms with E-state index in [-0.39, 0.29) is 5.56 Å². The average Bonchev–Trinajstić information content (AvgIpc) is 2.47. The number of fused-ring (bicyclic) bond motifs is 1. The van der Waals surface area contributed by atoms with Crippen molar-refractivity contribution in [2.24, 2.45) is 0 Å². The molecule has 108 valence electrons. The lowest BCUT2D eigenvalue weighted by molar-refractivity contribution is 0.102. The first kappa shape index (κ1) is 13.6. The molecule has 1 amide bonds. The van der Waals surface area contributed by atoms with Crippen LogP contribution in [0.1, 0.15) is 27.9 Å². The number of carbonyl (C=O) groups excluding carboxylic acids is 1. The summed E-state index contributed by atoms with van der Waals surface area (Å²) in [6.07, 6.45) is 2.07. The molecular formula is C17H17FN2O. The molecule has 0 unspecified atom stereocenters. The van der Waals surface area contributed by atoms with Gasteiger partial charge in [-0.25, -0.2) is 4.39 Å². The zero-order valence-electron chi connectivity index (χ0n) is 11.9. The molecule has 3 rings (SSSR count). The highest BCUT2D eigenvalue weighted by atomic mass is 19.1. The van der Waals surface area contributed by atoms with Crippen LogP contribution in [0.2, 0.25) is 0 Å². The van der Waals surface area contributed by atoms with Gasteiger partial charge in [-0.15, -0.1) is 0 Å². The van der Waals surface area contributed by atoms with Gasteiger partial charge >= 0.3 is 0 Å². The van der Waals surface area contributed by atoms with E-state index in [0.717, 1.165) is 30.6 Å². The molecule has 4 heteroatoms. The summed E-state index contributed by atoms with van der Waals surface area (Å²) in [6, 6.07) is 10.3. The molecule has 0 aliphatic carbocycles. The fourth-order valence-electron chi connectivity index (χ4n) is 2.56. The number of carbonyl (C=O) groups is 1. The topological polar surface area (TPSA) is 41.1 Å². The van der Waals surface area contributed by atoms with Gasteiger partial charge in [0.25, 0.3) is 5.91 Å². The van der Waals surface area contributed by atoms with E-state index in [1.165, 1.54) is 17.7 Å². The molecule has 2 N–H and O–H groups in total. The molecule has 0 saturated heterocycles. The summed E-state index contributed by atoms with van der Waals surface area (Å²) >= 11 is 0. The summed E-state index contributed by atoms with van der Waals surface area (Å²) in [5, 5.41) is 6.08. The second kappa shape index (κ2) is 5.56. The summed E-state index contributed by atoms with van der Waals surface area (Å²) < 4.78 is 13.8. The number of hydrogen-bond acceptors (Lipinski definition) is 2. The molecule has 0 bridgehead atoms. The quantitative estimate of drug-likeness (QED) is 0.882. The van der Waals surface area contributed by atoms with E-state index in [1.807, 2.05) is 18.2 Å². The third-order valence-electron chi connectivity index (χ3n) is 3.67. The van der Waals surface area contributed by atoms with Gasteiger partial charge in [0.05, 0.1) is 5.56 Å². The van der Waals surface area contributed by atoms with Crippen molar-refractivity contribution in [1.29, 1.82) is 0 Å². The molecule has 1 aliphatic rings. The van der Waals surface area contributed by atoms with Gasteiger partial charge in [-0.05, 0) is 61.2 Å². The first-order valence-corrected chi connectivity index (χ1v) is 7.08. The van der Waals surface area contributed by atoms with Gasteiger partial charge in [-0.2, -0.15) is 0 Å². The number of halogens is 1. The number of anilines is 2. The van der Waals surface area contributed by atoms with Gasteiger partial charge in [-0.1, -0.05) is 6.07 Å². The molecule has 0 atom stereocenters. The van der Waals surface area contributed by atoms with E-state index < -0.39 is 11.7 Å². The number of benzene rings is 2.